The summed E-state index contributed by atoms with van der Waals surface area (Å²) in [4.78, 5) is 12.4. The number of carbonyl (C=O) groups excluding carboxylic acids is 1. The second-order valence-electron chi connectivity index (χ2n) is 5.79. The Morgan fingerprint density at radius 1 is 1.00 bits per heavy atom. The topological polar surface area (TPSA) is 53.2 Å². The molecule has 4 nitrogen and oxygen atoms in total. The molecule has 0 heterocycles. The number of nitrogens with one attached hydrogen (secondary N) is 3. The van der Waals surface area contributed by atoms with E-state index in [-0.39, 0.29) is 11.0 Å². The highest BCUT2D eigenvalue weighted by Gasteiger charge is 2.34. The summed E-state index contributed by atoms with van der Waals surface area (Å²) in [5, 5.41) is 8.71. The van der Waals surface area contributed by atoms with Crippen LogP contribution >= 0.6 is 47.0 Å². The number of anilines is 1. The first-order valence-corrected chi connectivity index (χ1v) is 9.28. The Morgan fingerprint density at radius 3 is 2.19 bits per heavy atom. The van der Waals surface area contributed by atoms with E-state index in [4.69, 9.17) is 47.0 Å². The minimum atomic E-state index is -1.81. The van der Waals surface area contributed by atoms with Crippen LogP contribution in [-0.2, 0) is 0 Å². The first-order valence-electron chi connectivity index (χ1n) is 7.73. The molecule has 0 aliphatic rings. The van der Waals surface area contributed by atoms with Gasteiger partial charge in [0, 0.05) is 11.3 Å². The number of benzene rings is 2. The van der Waals surface area contributed by atoms with E-state index in [1.807, 2.05) is 44.2 Å². The van der Waals surface area contributed by atoms with Gasteiger partial charge in [-0.05, 0) is 55.9 Å². The number of rotatable bonds is 4. The molecule has 1 atom stereocenters. The van der Waals surface area contributed by atoms with Crippen molar-refractivity contribution in [3.63, 3.8) is 0 Å². The normalized spacial score (nSPS) is 12.2. The van der Waals surface area contributed by atoms with Crippen LogP contribution in [-0.4, -0.2) is 21.0 Å². The number of alkyl halides is 3. The Kier molecular flexibility index (Phi) is 7.12. The van der Waals surface area contributed by atoms with Crippen LogP contribution < -0.4 is 16.0 Å². The molecule has 1 amide bonds. The molecule has 8 heteroatoms. The van der Waals surface area contributed by atoms with Gasteiger partial charge < -0.3 is 16.0 Å². The quantitative estimate of drug-likeness (QED) is 0.373. The second-order valence-corrected chi connectivity index (χ2v) is 8.56. The average Bonchev–Trinajstić information content (AvgIpc) is 2.53. The monoisotopic (exact) mass is 429 g/mol. The van der Waals surface area contributed by atoms with Crippen LogP contribution in [0.1, 0.15) is 21.5 Å². The van der Waals surface area contributed by atoms with Crippen molar-refractivity contribution >= 4 is 63.7 Å². The van der Waals surface area contributed by atoms with Crippen LogP contribution in [0.15, 0.2) is 48.5 Å². The van der Waals surface area contributed by atoms with Gasteiger partial charge in [-0.15, -0.1) is 0 Å². The number of carbonyl (C=O) groups is 1. The molecule has 26 heavy (non-hydrogen) atoms. The van der Waals surface area contributed by atoms with E-state index in [2.05, 4.69) is 16.0 Å². The third-order valence-corrected chi connectivity index (χ3v) is 4.31. The molecule has 0 aliphatic heterocycles. The van der Waals surface area contributed by atoms with E-state index in [1.165, 1.54) is 0 Å². The highest BCUT2D eigenvalue weighted by atomic mass is 35.6. The maximum absolute atomic E-state index is 12.4. The van der Waals surface area contributed by atoms with E-state index < -0.39 is 9.96 Å². The number of hydrogen-bond acceptors (Lipinski definition) is 2. The molecule has 0 aromatic heterocycles. The lowest BCUT2D eigenvalue weighted by molar-refractivity contribution is 0.0934. The molecule has 0 fully saturated rings. The molecule has 0 bridgehead atoms. The molecule has 0 radical (unpaired) electrons. The Morgan fingerprint density at radius 2 is 1.62 bits per heavy atom. The van der Waals surface area contributed by atoms with Gasteiger partial charge in [0.1, 0.15) is 6.17 Å². The van der Waals surface area contributed by atoms with Gasteiger partial charge in [0.15, 0.2) is 5.11 Å². The summed E-state index contributed by atoms with van der Waals surface area (Å²) in [6.07, 6.45) is -1.02. The van der Waals surface area contributed by atoms with Gasteiger partial charge in [0.2, 0.25) is 3.79 Å². The van der Waals surface area contributed by atoms with Crippen LogP contribution in [0, 0.1) is 13.8 Å². The van der Waals surface area contributed by atoms with Crippen LogP contribution in [0.2, 0.25) is 0 Å². The zero-order valence-corrected chi connectivity index (χ0v) is 17.2. The molecule has 138 valence electrons. The summed E-state index contributed by atoms with van der Waals surface area (Å²) in [5.74, 6) is -0.379. The first-order chi connectivity index (χ1) is 12.1. The molecule has 0 saturated heterocycles. The second kappa shape index (κ2) is 8.91. The van der Waals surface area contributed by atoms with Gasteiger partial charge in [-0.3, -0.25) is 4.79 Å². The third-order valence-electron chi connectivity index (χ3n) is 3.43. The van der Waals surface area contributed by atoms with E-state index >= 15 is 0 Å². The molecule has 0 spiro atoms. The number of hydrogen-bond donors (Lipinski definition) is 3. The van der Waals surface area contributed by atoms with Gasteiger partial charge in [0.05, 0.1) is 0 Å². The summed E-state index contributed by atoms with van der Waals surface area (Å²) in [7, 11) is 0. The van der Waals surface area contributed by atoms with Crippen LogP contribution in [0.4, 0.5) is 5.69 Å². The lowest BCUT2D eigenvalue weighted by Gasteiger charge is -2.28. The summed E-state index contributed by atoms with van der Waals surface area (Å²) >= 11 is 23.3. The van der Waals surface area contributed by atoms with Crippen molar-refractivity contribution in [3.8, 4) is 0 Å². The van der Waals surface area contributed by atoms with Crippen molar-refractivity contribution in [2.45, 2.75) is 23.8 Å². The van der Waals surface area contributed by atoms with Crippen molar-refractivity contribution in [3.05, 3.63) is 65.2 Å². The predicted octanol–water partition coefficient (Wildman–Crippen LogP) is 4.72. The lowest BCUT2D eigenvalue weighted by Crippen LogP contribution is -2.56. The summed E-state index contributed by atoms with van der Waals surface area (Å²) in [5.41, 5.74) is 3.27. The average molecular weight is 431 g/mol. The molecule has 0 aliphatic carbocycles. The highest BCUT2D eigenvalue weighted by molar-refractivity contribution is 7.80. The van der Waals surface area contributed by atoms with Crippen molar-refractivity contribution in [1.82, 2.24) is 10.6 Å². The van der Waals surface area contributed by atoms with Crippen LogP contribution in [0.25, 0.3) is 0 Å². The third kappa shape index (κ3) is 6.32. The van der Waals surface area contributed by atoms with Gasteiger partial charge in [-0.25, -0.2) is 0 Å². The summed E-state index contributed by atoms with van der Waals surface area (Å²) < 4.78 is -1.81. The number of amides is 1. The van der Waals surface area contributed by atoms with Crippen molar-refractivity contribution < 1.29 is 4.79 Å². The smallest absolute Gasteiger partial charge is 0.252 e. The first kappa shape index (κ1) is 20.8. The minimum absolute atomic E-state index is 0.219. The Labute approximate surface area is 173 Å². The van der Waals surface area contributed by atoms with Crippen LogP contribution in [0.3, 0.4) is 0 Å². The zero-order chi connectivity index (χ0) is 19.3. The molecule has 0 saturated carbocycles. The SMILES string of the molecule is Cc1cccc(NC(=S)N[C@H](NC(=O)c2cccc(C)c2)C(Cl)(Cl)Cl)c1. The highest BCUT2D eigenvalue weighted by Crippen LogP contribution is 2.29. The van der Waals surface area contributed by atoms with Crippen LogP contribution in [0.5, 0.6) is 0 Å². The Hall–Kier alpha value is -1.53. The lowest BCUT2D eigenvalue weighted by atomic mass is 10.1. The zero-order valence-electron chi connectivity index (χ0n) is 14.1. The molecule has 0 unspecified atom stereocenters. The largest absolute Gasteiger partial charge is 0.339 e. The summed E-state index contributed by atoms with van der Waals surface area (Å²) in [6, 6.07) is 14.7. The maximum atomic E-state index is 12.4. The number of halogens is 3. The molecular weight excluding hydrogens is 413 g/mol. The number of aryl methyl sites for hydroxylation is 2. The fraction of sp³-hybridized carbons (Fsp3) is 0.222. The standard InChI is InChI=1S/C18H18Cl3N3OS/c1-11-5-3-7-13(9-11)15(25)23-16(18(19,20)21)24-17(26)22-14-8-4-6-12(2)10-14/h3-10,16H,1-2H3,(H,23,25)(H2,22,24,26)/t16-/m0/s1. The summed E-state index contributed by atoms with van der Waals surface area (Å²) in [6.45, 7) is 3.86. The van der Waals surface area contributed by atoms with E-state index in [1.54, 1.807) is 18.2 Å². The molecule has 2 aromatic carbocycles. The van der Waals surface area contributed by atoms with Crippen molar-refractivity contribution in [2.24, 2.45) is 0 Å². The molecule has 2 aromatic rings. The van der Waals surface area contributed by atoms with E-state index in [0.29, 0.717) is 5.56 Å². The Bertz CT molecular complexity index is 808. The maximum Gasteiger partial charge on any atom is 0.252 e. The van der Waals surface area contributed by atoms with Gasteiger partial charge >= 0.3 is 0 Å². The number of thiocarbonyl (C=S) groups is 1. The van der Waals surface area contributed by atoms with Gasteiger partial charge in [-0.2, -0.15) is 0 Å². The molecular formula is C18H18Cl3N3OS. The minimum Gasteiger partial charge on any atom is -0.339 e. The molecule has 3 N–H and O–H groups in total. The fourth-order valence-corrected chi connectivity index (χ4v) is 2.78. The molecule has 2 rings (SSSR count). The van der Waals surface area contributed by atoms with E-state index in [9.17, 15) is 4.79 Å². The fourth-order valence-electron chi connectivity index (χ4n) is 2.22. The van der Waals surface area contributed by atoms with Crippen molar-refractivity contribution in [1.29, 1.82) is 0 Å². The Balaban J connectivity index is 2.07. The van der Waals surface area contributed by atoms with Crippen molar-refractivity contribution in [2.75, 3.05) is 5.32 Å². The predicted molar refractivity (Wildman–Crippen MR) is 113 cm³/mol. The van der Waals surface area contributed by atoms with Gasteiger partial charge in [0.25, 0.3) is 5.91 Å². The van der Waals surface area contributed by atoms with Gasteiger partial charge in [-0.1, -0.05) is 64.6 Å². The van der Waals surface area contributed by atoms with E-state index in [0.717, 1.165) is 16.8 Å².